The molecule has 1 saturated heterocycles. The molecule has 8 heteroatoms. The molecule has 28 heavy (non-hydrogen) atoms. The van der Waals surface area contributed by atoms with Crippen molar-refractivity contribution >= 4 is 22.0 Å². The predicted molar refractivity (Wildman–Crippen MR) is 102 cm³/mol. The zero-order valence-electron chi connectivity index (χ0n) is 15.6. The topological polar surface area (TPSA) is 90.0 Å². The standard InChI is InChI=1S/C20H21NO6S/c1-14-5-11-17(12-6-14)28(24,25)21-13-3-4-18(21)20(23)27-16-9-7-15(8-10-16)19(22)26-2/h5-12,18H,3-4,13H2,1-2H3/t18-/m0/s1. The molecule has 0 amide bonds. The number of esters is 2. The fourth-order valence-electron chi connectivity index (χ4n) is 3.07. The van der Waals surface area contributed by atoms with Gasteiger partial charge in [0.25, 0.3) is 0 Å². The van der Waals surface area contributed by atoms with Gasteiger partial charge in [0.15, 0.2) is 0 Å². The molecule has 1 aliphatic heterocycles. The van der Waals surface area contributed by atoms with E-state index in [2.05, 4.69) is 4.74 Å². The van der Waals surface area contributed by atoms with Crippen molar-refractivity contribution in [3.63, 3.8) is 0 Å². The lowest BCUT2D eigenvalue weighted by molar-refractivity contribution is -0.137. The number of hydrogen-bond donors (Lipinski definition) is 0. The first-order valence-corrected chi connectivity index (χ1v) is 10.3. The molecule has 0 aromatic heterocycles. The van der Waals surface area contributed by atoms with E-state index in [1.807, 2.05) is 6.92 Å². The number of carbonyl (C=O) groups is 2. The highest BCUT2D eigenvalue weighted by atomic mass is 32.2. The summed E-state index contributed by atoms with van der Waals surface area (Å²) in [4.78, 5) is 24.2. The summed E-state index contributed by atoms with van der Waals surface area (Å²) in [6.07, 6.45) is 0.969. The highest BCUT2D eigenvalue weighted by Gasteiger charge is 2.40. The van der Waals surface area contributed by atoms with E-state index in [9.17, 15) is 18.0 Å². The predicted octanol–water partition coefficient (Wildman–Crippen LogP) is 2.54. The molecule has 7 nitrogen and oxygen atoms in total. The maximum atomic E-state index is 12.9. The molecule has 0 radical (unpaired) electrons. The summed E-state index contributed by atoms with van der Waals surface area (Å²) in [5.74, 6) is -0.903. The minimum Gasteiger partial charge on any atom is -0.465 e. The van der Waals surface area contributed by atoms with E-state index in [4.69, 9.17) is 4.74 Å². The second-order valence-corrected chi connectivity index (χ2v) is 8.41. The number of nitrogens with zero attached hydrogens (tertiary/aromatic N) is 1. The quantitative estimate of drug-likeness (QED) is 0.563. The molecule has 0 unspecified atom stereocenters. The first-order valence-electron chi connectivity index (χ1n) is 8.81. The number of rotatable bonds is 5. The van der Waals surface area contributed by atoms with Gasteiger partial charge in [0.2, 0.25) is 10.0 Å². The van der Waals surface area contributed by atoms with E-state index < -0.39 is 28.0 Å². The van der Waals surface area contributed by atoms with Crippen LogP contribution in [0.25, 0.3) is 0 Å². The van der Waals surface area contributed by atoms with Gasteiger partial charge in [0.1, 0.15) is 11.8 Å². The number of carbonyl (C=O) groups excluding carboxylic acids is 2. The molecule has 0 aliphatic carbocycles. The summed E-state index contributed by atoms with van der Waals surface area (Å²) >= 11 is 0. The van der Waals surface area contributed by atoms with E-state index in [-0.39, 0.29) is 17.2 Å². The molecule has 1 heterocycles. The Labute approximate surface area is 163 Å². The molecule has 1 fully saturated rings. The van der Waals surface area contributed by atoms with Crippen molar-refractivity contribution < 1.29 is 27.5 Å². The molecule has 0 N–H and O–H groups in total. The van der Waals surface area contributed by atoms with Gasteiger partial charge in [-0.1, -0.05) is 17.7 Å². The van der Waals surface area contributed by atoms with Gasteiger partial charge in [-0.05, 0) is 56.2 Å². The Bertz CT molecular complexity index is 967. The minimum atomic E-state index is -3.79. The Balaban J connectivity index is 1.76. The summed E-state index contributed by atoms with van der Waals surface area (Å²) in [5, 5.41) is 0. The minimum absolute atomic E-state index is 0.153. The van der Waals surface area contributed by atoms with Crippen molar-refractivity contribution in [1.29, 1.82) is 0 Å². The maximum Gasteiger partial charge on any atom is 0.337 e. The van der Waals surface area contributed by atoms with E-state index >= 15 is 0 Å². The third-order valence-corrected chi connectivity index (χ3v) is 6.52. The highest BCUT2D eigenvalue weighted by Crippen LogP contribution is 2.27. The van der Waals surface area contributed by atoms with Crippen LogP contribution in [-0.4, -0.2) is 44.4 Å². The first-order chi connectivity index (χ1) is 13.3. The molecular weight excluding hydrogens is 382 g/mol. The van der Waals surface area contributed by atoms with Gasteiger partial charge in [0.05, 0.1) is 17.6 Å². The van der Waals surface area contributed by atoms with Gasteiger partial charge >= 0.3 is 11.9 Å². The third-order valence-electron chi connectivity index (χ3n) is 4.60. The van der Waals surface area contributed by atoms with Crippen LogP contribution < -0.4 is 4.74 Å². The second kappa shape index (κ2) is 8.12. The Morgan fingerprint density at radius 1 is 1.04 bits per heavy atom. The molecular formula is C20H21NO6S. The van der Waals surface area contributed by atoms with Crippen LogP contribution in [0, 0.1) is 6.92 Å². The van der Waals surface area contributed by atoms with Crippen LogP contribution >= 0.6 is 0 Å². The Kier molecular flexibility index (Phi) is 5.81. The lowest BCUT2D eigenvalue weighted by Crippen LogP contribution is -2.42. The fraction of sp³-hybridized carbons (Fsp3) is 0.300. The van der Waals surface area contributed by atoms with E-state index in [1.54, 1.807) is 12.1 Å². The van der Waals surface area contributed by atoms with E-state index in [1.165, 1.54) is 47.8 Å². The zero-order valence-corrected chi connectivity index (χ0v) is 16.4. The third kappa shape index (κ3) is 4.07. The number of benzene rings is 2. The zero-order chi connectivity index (χ0) is 20.3. The van der Waals surface area contributed by atoms with Crippen molar-refractivity contribution in [3.05, 3.63) is 59.7 Å². The normalized spacial score (nSPS) is 17.3. The van der Waals surface area contributed by atoms with Crippen molar-refractivity contribution in [2.75, 3.05) is 13.7 Å². The van der Waals surface area contributed by atoms with Crippen molar-refractivity contribution in [2.45, 2.75) is 30.7 Å². The monoisotopic (exact) mass is 403 g/mol. The molecule has 3 rings (SSSR count). The molecule has 1 atom stereocenters. The fourth-order valence-corrected chi connectivity index (χ4v) is 4.72. The van der Waals surface area contributed by atoms with Crippen molar-refractivity contribution in [3.8, 4) is 5.75 Å². The van der Waals surface area contributed by atoms with Gasteiger partial charge < -0.3 is 9.47 Å². The van der Waals surface area contributed by atoms with E-state index in [0.717, 1.165) is 5.56 Å². The van der Waals surface area contributed by atoms with Crippen LogP contribution in [0.1, 0.15) is 28.8 Å². The molecule has 0 bridgehead atoms. The summed E-state index contributed by atoms with van der Waals surface area (Å²) in [6.45, 7) is 2.13. The average molecular weight is 403 g/mol. The number of methoxy groups -OCH3 is 1. The second-order valence-electron chi connectivity index (χ2n) is 6.52. The number of aryl methyl sites for hydroxylation is 1. The molecule has 0 spiro atoms. The number of ether oxygens (including phenoxy) is 2. The van der Waals surface area contributed by atoms with Crippen LogP contribution in [0.15, 0.2) is 53.4 Å². The average Bonchev–Trinajstić information content (AvgIpc) is 3.19. The maximum absolute atomic E-state index is 12.9. The van der Waals surface area contributed by atoms with Gasteiger partial charge in [-0.15, -0.1) is 0 Å². The van der Waals surface area contributed by atoms with Crippen molar-refractivity contribution in [2.24, 2.45) is 0 Å². The molecule has 0 saturated carbocycles. The van der Waals surface area contributed by atoms with Crippen LogP contribution in [0.3, 0.4) is 0 Å². The van der Waals surface area contributed by atoms with Gasteiger partial charge in [0, 0.05) is 6.54 Å². The molecule has 2 aromatic carbocycles. The van der Waals surface area contributed by atoms with Gasteiger partial charge in [-0.25, -0.2) is 18.0 Å². The Hall–Kier alpha value is -2.71. The largest absolute Gasteiger partial charge is 0.465 e. The SMILES string of the molecule is COC(=O)c1ccc(OC(=O)[C@@H]2CCCN2S(=O)(=O)c2ccc(C)cc2)cc1. The number of sulfonamides is 1. The lowest BCUT2D eigenvalue weighted by Gasteiger charge is -2.22. The highest BCUT2D eigenvalue weighted by molar-refractivity contribution is 7.89. The van der Waals surface area contributed by atoms with Crippen molar-refractivity contribution in [1.82, 2.24) is 4.31 Å². The number of hydrogen-bond acceptors (Lipinski definition) is 6. The van der Waals surface area contributed by atoms with Crippen LogP contribution in [-0.2, 0) is 19.6 Å². The summed E-state index contributed by atoms with van der Waals surface area (Å²) in [5.41, 5.74) is 1.28. The summed E-state index contributed by atoms with van der Waals surface area (Å²) < 4.78 is 37.0. The molecule has 1 aliphatic rings. The van der Waals surface area contributed by atoms with Gasteiger partial charge in [-0.3, -0.25) is 0 Å². The molecule has 148 valence electrons. The molecule has 2 aromatic rings. The summed E-state index contributed by atoms with van der Waals surface area (Å²) in [6, 6.07) is 11.5. The Morgan fingerprint density at radius 2 is 1.68 bits per heavy atom. The van der Waals surface area contributed by atoms with Crippen LogP contribution in [0.5, 0.6) is 5.75 Å². The van der Waals surface area contributed by atoms with Gasteiger partial charge in [-0.2, -0.15) is 4.31 Å². The van der Waals surface area contributed by atoms with Crippen LogP contribution in [0.4, 0.5) is 0 Å². The first kappa shape index (κ1) is 20.0. The van der Waals surface area contributed by atoms with E-state index in [0.29, 0.717) is 18.4 Å². The summed E-state index contributed by atoms with van der Waals surface area (Å²) in [7, 11) is -2.51. The smallest absolute Gasteiger partial charge is 0.337 e. The van der Waals surface area contributed by atoms with Crippen LogP contribution in [0.2, 0.25) is 0 Å². The Morgan fingerprint density at radius 3 is 2.29 bits per heavy atom. The lowest BCUT2D eigenvalue weighted by atomic mass is 10.2.